The minimum absolute atomic E-state index is 0.0954. The Labute approximate surface area is 147 Å². The monoisotopic (exact) mass is 379 g/mol. The zero-order chi connectivity index (χ0) is 19.3. The van der Waals surface area contributed by atoms with Gasteiger partial charge in [-0.05, 0) is 51.4 Å². The van der Waals surface area contributed by atoms with Crippen molar-refractivity contribution in [2.75, 3.05) is 0 Å². The van der Waals surface area contributed by atoms with Crippen molar-refractivity contribution in [3.8, 4) is 0 Å². The van der Waals surface area contributed by atoms with Gasteiger partial charge >= 0.3 is 7.60 Å². The van der Waals surface area contributed by atoms with E-state index >= 15 is 0 Å². The molecule has 0 N–H and O–H groups in total. The quantitative estimate of drug-likeness (QED) is 0.160. The van der Waals surface area contributed by atoms with Crippen LogP contribution in [0.1, 0.15) is 55.4 Å². The first kappa shape index (κ1) is 23.6. The van der Waals surface area contributed by atoms with Crippen LogP contribution in [-0.2, 0) is 18.0 Å². The van der Waals surface area contributed by atoms with Crippen molar-refractivity contribution in [3.05, 3.63) is 10.4 Å². The summed E-state index contributed by atoms with van der Waals surface area (Å²) in [7, 11) is -5.93. The van der Waals surface area contributed by atoms with Crippen LogP contribution in [0.4, 0.5) is 0 Å². The lowest BCUT2D eigenvalue weighted by atomic mass is 10.2. The second kappa shape index (κ2) is 8.83. The first-order chi connectivity index (χ1) is 10.7. The van der Waals surface area contributed by atoms with Gasteiger partial charge in [0.1, 0.15) is 0 Å². The Kier molecular flexibility index (Phi) is 8.70. The Morgan fingerprint density at radius 3 is 1.75 bits per heavy atom. The molecule has 0 aliphatic carbocycles. The van der Waals surface area contributed by atoms with Crippen molar-refractivity contribution in [2.45, 2.75) is 97.6 Å². The van der Waals surface area contributed by atoms with Crippen LogP contribution in [0.5, 0.6) is 0 Å². The van der Waals surface area contributed by atoms with Crippen LogP contribution in [0, 0.1) is 0 Å². The van der Waals surface area contributed by atoms with Gasteiger partial charge in [0.2, 0.25) is 0 Å². The van der Waals surface area contributed by atoms with Gasteiger partial charge in [-0.1, -0.05) is 32.8 Å². The first-order valence-electron chi connectivity index (χ1n) is 8.35. The summed E-state index contributed by atoms with van der Waals surface area (Å²) in [5.74, 6) is -0.931. The number of rotatable bonds is 9. The lowest BCUT2D eigenvalue weighted by molar-refractivity contribution is 0.0976. The molecule has 7 nitrogen and oxygen atoms in total. The molecule has 0 bridgehead atoms. The van der Waals surface area contributed by atoms with Crippen LogP contribution in [-0.4, -0.2) is 32.4 Å². The van der Waals surface area contributed by atoms with Crippen LogP contribution >= 0.6 is 7.60 Å². The highest BCUT2D eigenvalue weighted by Crippen LogP contribution is 2.58. The van der Waals surface area contributed by atoms with E-state index in [0.717, 1.165) is 0 Å². The summed E-state index contributed by atoms with van der Waals surface area (Å²) in [5.41, 5.74) is 8.82. The number of hydrogen-bond donors (Lipinski definition) is 0. The third-order valence-electron chi connectivity index (χ3n) is 3.90. The molecule has 0 aromatic heterocycles. The molecule has 0 radical (unpaired) electrons. The highest BCUT2D eigenvalue weighted by Gasteiger charge is 2.48. The number of nitrogens with zero attached hydrogens (tertiary/aromatic N) is 3. The Hall–Kier alpha value is -0.363. The van der Waals surface area contributed by atoms with Gasteiger partial charge in [0.25, 0.3) is 0 Å². The van der Waals surface area contributed by atoms with E-state index in [-0.39, 0.29) is 17.2 Å². The van der Waals surface area contributed by atoms with Gasteiger partial charge in [-0.2, -0.15) is 0 Å². The molecular weight excluding hydrogens is 345 g/mol. The van der Waals surface area contributed by atoms with E-state index in [1.165, 1.54) is 0 Å². The third kappa shape index (κ3) is 6.87. The standard InChI is InChI=1S/C15H34N3O4PSi/c1-11(2)20-23(19,21-12(3)4)14(13(5)17-18-16)22-24(9,10)15(6,7)8/h11-14H,1-10H3/t13-,14+/m1/s1. The molecule has 0 aliphatic rings. The topological polar surface area (TPSA) is 93.5 Å². The van der Waals surface area contributed by atoms with Crippen LogP contribution < -0.4 is 0 Å². The third-order valence-corrected chi connectivity index (χ3v) is 11.1. The number of hydrogen-bond acceptors (Lipinski definition) is 5. The molecule has 0 spiro atoms. The minimum atomic E-state index is -3.65. The zero-order valence-electron chi connectivity index (χ0n) is 16.7. The van der Waals surface area contributed by atoms with E-state index in [0.29, 0.717) is 0 Å². The SMILES string of the molecule is CC(C)OP(=O)(OC(C)C)[C@H](O[Si](C)(C)C(C)(C)C)[C@@H](C)N=[N+]=[N-]. The summed E-state index contributed by atoms with van der Waals surface area (Å²) in [6.45, 7) is 19.2. The largest absolute Gasteiger partial charge is 0.403 e. The van der Waals surface area contributed by atoms with Gasteiger partial charge in [0.15, 0.2) is 14.2 Å². The maximum atomic E-state index is 13.5. The minimum Gasteiger partial charge on any atom is -0.403 e. The van der Waals surface area contributed by atoms with Crippen molar-refractivity contribution in [3.63, 3.8) is 0 Å². The second-order valence-electron chi connectivity index (χ2n) is 8.06. The molecule has 0 saturated heterocycles. The number of azide groups is 1. The van der Waals surface area contributed by atoms with E-state index in [2.05, 4.69) is 43.9 Å². The molecule has 9 heteroatoms. The van der Waals surface area contributed by atoms with Gasteiger partial charge in [-0.25, -0.2) is 0 Å². The second-order valence-corrected chi connectivity index (χ2v) is 14.8. The van der Waals surface area contributed by atoms with E-state index in [1.807, 2.05) is 0 Å². The highest BCUT2D eigenvalue weighted by molar-refractivity contribution is 7.54. The lowest BCUT2D eigenvalue weighted by Gasteiger charge is -2.42. The van der Waals surface area contributed by atoms with Gasteiger partial charge in [-0.15, -0.1) is 0 Å². The summed E-state index contributed by atoms with van der Waals surface area (Å²) in [5, 5.41) is 3.62. The Morgan fingerprint density at radius 1 is 1.04 bits per heavy atom. The lowest BCUT2D eigenvalue weighted by Crippen LogP contribution is -2.46. The predicted octanol–water partition coefficient (Wildman–Crippen LogP) is 6.08. The molecule has 0 fully saturated rings. The average molecular weight is 380 g/mol. The van der Waals surface area contributed by atoms with E-state index in [9.17, 15) is 4.57 Å². The fraction of sp³-hybridized carbons (Fsp3) is 1.00. The summed E-state index contributed by atoms with van der Waals surface area (Å²) in [6, 6.07) is -0.674. The molecule has 2 atom stereocenters. The summed E-state index contributed by atoms with van der Waals surface area (Å²) in [6.07, 6.45) is -0.614. The van der Waals surface area contributed by atoms with Gasteiger partial charge in [0, 0.05) is 4.91 Å². The Balaban J connectivity index is 5.97. The van der Waals surface area contributed by atoms with E-state index < -0.39 is 27.8 Å². The molecule has 0 heterocycles. The maximum absolute atomic E-state index is 13.5. The highest BCUT2D eigenvalue weighted by atomic mass is 31.2. The van der Waals surface area contributed by atoms with Crippen LogP contribution in [0.15, 0.2) is 5.11 Å². The molecule has 0 aromatic rings. The van der Waals surface area contributed by atoms with Crippen molar-refractivity contribution in [1.82, 2.24) is 0 Å². The molecule has 0 unspecified atom stereocenters. The Morgan fingerprint density at radius 2 is 1.46 bits per heavy atom. The van der Waals surface area contributed by atoms with Crippen LogP contribution in [0.3, 0.4) is 0 Å². The van der Waals surface area contributed by atoms with Crippen LogP contribution in [0.2, 0.25) is 18.1 Å². The molecule has 0 rings (SSSR count). The van der Waals surface area contributed by atoms with Crippen molar-refractivity contribution < 1.29 is 18.0 Å². The zero-order valence-corrected chi connectivity index (χ0v) is 18.6. The average Bonchev–Trinajstić information content (AvgIpc) is 2.32. The van der Waals surface area contributed by atoms with Crippen molar-refractivity contribution in [2.24, 2.45) is 5.11 Å². The van der Waals surface area contributed by atoms with Crippen molar-refractivity contribution >= 4 is 15.9 Å². The first-order valence-corrected chi connectivity index (χ1v) is 12.9. The smallest absolute Gasteiger partial charge is 0.358 e. The fourth-order valence-electron chi connectivity index (χ4n) is 1.78. The summed E-state index contributed by atoms with van der Waals surface area (Å²) in [4.78, 5) is 2.85. The maximum Gasteiger partial charge on any atom is 0.358 e. The molecule has 0 aromatic carbocycles. The molecular formula is C15H34N3O4PSi. The van der Waals surface area contributed by atoms with Crippen LogP contribution in [0.25, 0.3) is 10.4 Å². The fourth-order valence-corrected chi connectivity index (χ4v) is 6.29. The Bertz CT molecular complexity index is 485. The van der Waals surface area contributed by atoms with Crippen molar-refractivity contribution in [1.29, 1.82) is 0 Å². The summed E-state index contributed by atoms with van der Waals surface area (Å²) >= 11 is 0. The van der Waals surface area contributed by atoms with Gasteiger partial charge < -0.3 is 13.5 Å². The summed E-state index contributed by atoms with van der Waals surface area (Å²) < 4.78 is 31.2. The van der Waals surface area contributed by atoms with E-state index in [4.69, 9.17) is 19.0 Å². The molecule has 142 valence electrons. The van der Waals surface area contributed by atoms with Gasteiger partial charge in [-0.3, -0.25) is 4.57 Å². The molecule has 0 aliphatic heterocycles. The normalized spacial score (nSPS) is 16.2. The predicted molar refractivity (Wildman–Crippen MR) is 101 cm³/mol. The molecule has 0 saturated carbocycles. The van der Waals surface area contributed by atoms with E-state index in [1.54, 1.807) is 34.6 Å². The van der Waals surface area contributed by atoms with Gasteiger partial charge in [0.05, 0.1) is 18.2 Å². The molecule has 24 heavy (non-hydrogen) atoms. The molecule has 0 amide bonds.